The van der Waals surface area contributed by atoms with Gasteiger partial charge >= 0.3 is 5.69 Å². The van der Waals surface area contributed by atoms with Crippen LogP contribution in [0, 0.1) is 6.92 Å². The number of aromatic nitrogens is 2. The minimum absolute atomic E-state index is 0.0130. The van der Waals surface area contributed by atoms with Crippen LogP contribution in [0.1, 0.15) is 43.5 Å². The average Bonchev–Trinajstić information content (AvgIpc) is 3.25. The number of fused-ring (bicyclic) bond motifs is 3. The fourth-order valence-corrected chi connectivity index (χ4v) is 5.27. The molecular weight excluding hydrogens is 372 g/mol. The Morgan fingerprint density at radius 2 is 1.75 bits per heavy atom. The Morgan fingerprint density at radius 1 is 1.04 bits per heavy atom. The summed E-state index contributed by atoms with van der Waals surface area (Å²) in [6.45, 7) is 2.01. The average molecular weight is 390 g/mol. The second kappa shape index (κ2) is 5.75. The van der Waals surface area contributed by atoms with Crippen molar-refractivity contribution in [2.24, 2.45) is 14.1 Å². The van der Waals surface area contributed by atoms with Gasteiger partial charge in [0.05, 0.1) is 0 Å². The van der Waals surface area contributed by atoms with Crippen molar-refractivity contribution in [3.05, 3.63) is 94.9 Å². The van der Waals surface area contributed by atoms with E-state index in [1.165, 1.54) is 7.05 Å². The Labute approximate surface area is 165 Å². The van der Waals surface area contributed by atoms with Gasteiger partial charge in [-0.25, -0.2) is 4.79 Å². The number of aryl methyl sites for hydroxylation is 1. The lowest BCUT2D eigenvalue weighted by Gasteiger charge is -2.28. The van der Waals surface area contributed by atoms with E-state index in [2.05, 4.69) is 0 Å². The molecule has 2 aliphatic carbocycles. The number of carbonyl (C=O) groups is 1. The van der Waals surface area contributed by atoms with E-state index in [1.807, 2.05) is 42.6 Å². The third-order valence-electron chi connectivity index (χ3n) is 5.90. The second-order valence-electron chi connectivity index (χ2n) is 7.43. The summed E-state index contributed by atoms with van der Waals surface area (Å²) in [4.78, 5) is 40.2. The van der Waals surface area contributed by atoms with Crippen molar-refractivity contribution in [3.63, 3.8) is 0 Å². The third kappa shape index (κ3) is 2.09. The van der Waals surface area contributed by atoms with Crippen LogP contribution in [0.4, 0.5) is 0 Å². The van der Waals surface area contributed by atoms with Gasteiger partial charge in [-0.15, -0.1) is 11.3 Å². The third-order valence-corrected chi connectivity index (χ3v) is 6.78. The zero-order chi connectivity index (χ0) is 19.7. The van der Waals surface area contributed by atoms with Crippen LogP contribution in [0.2, 0.25) is 0 Å². The van der Waals surface area contributed by atoms with Gasteiger partial charge in [0.15, 0.2) is 5.78 Å². The van der Waals surface area contributed by atoms with Crippen LogP contribution in [0.25, 0.3) is 5.57 Å². The Kier molecular flexibility index (Phi) is 3.52. The zero-order valence-corrected chi connectivity index (χ0v) is 16.6. The van der Waals surface area contributed by atoms with Gasteiger partial charge < -0.3 is 0 Å². The van der Waals surface area contributed by atoms with E-state index in [0.29, 0.717) is 28.8 Å². The van der Waals surface area contributed by atoms with Gasteiger partial charge in [0.2, 0.25) is 0 Å². The number of allylic oxidation sites excluding steroid dienone is 2. The number of nitrogens with zero attached hydrogens (tertiary/aromatic N) is 2. The smallest absolute Gasteiger partial charge is 0.300 e. The quantitative estimate of drug-likeness (QED) is 0.642. The molecule has 5 rings (SSSR count). The number of rotatable bonds is 1. The highest BCUT2D eigenvalue weighted by molar-refractivity contribution is 7.10. The van der Waals surface area contributed by atoms with Gasteiger partial charge in [-0.3, -0.25) is 18.7 Å². The van der Waals surface area contributed by atoms with E-state index in [0.717, 1.165) is 26.1 Å². The highest BCUT2D eigenvalue weighted by Gasteiger charge is 2.42. The molecule has 0 spiro atoms. The molecule has 0 N–H and O–H groups in total. The molecule has 0 amide bonds. The Bertz CT molecular complexity index is 1340. The van der Waals surface area contributed by atoms with E-state index in [1.54, 1.807) is 23.0 Å². The first kappa shape index (κ1) is 17.1. The summed E-state index contributed by atoms with van der Waals surface area (Å²) in [7, 11) is 3.20. The monoisotopic (exact) mass is 390 g/mol. The molecule has 3 aromatic rings. The Morgan fingerprint density at radius 3 is 2.43 bits per heavy atom. The van der Waals surface area contributed by atoms with Crippen LogP contribution in [-0.2, 0) is 20.5 Å². The summed E-state index contributed by atoms with van der Waals surface area (Å²) in [6.07, 6.45) is 0.412. The molecule has 0 aliphatic heterocycles. The Hall–Kier alpha value is -2.99. The minimum atomic E-state index is -0.450. The van der Waals surface area contributed by atoms with Crippen molar-refractivity contribution in [1.82, 2.24) is 9.13 Å². The molecule has 2 heterocycles. The summed E-state index contributed by atoms with van der Waals surface area (Å²) in [5.41, 5.74) is 4.73. The topological polar surface area (TPSA) is 61.1 Å². The predicted molar refractivity (Wildman–Crippen MR) is 109 cm³/mol. The lowest BCUT2D eigenvalue weighted by Crippen LogP contribution is -2.43. The summed E-state index contributed by atoms with van der Waals surface area (Å²) in [6, 6.07) is 9.62. The molecule has 2 aliphatic rings. The number of thiophene rings is 1. The summed E-state index contributed by atoms with van der Waals surface area (Å²) >= 11 is 1.60. The summed E-state index contributed by atoms with van der Waals surface area (Å²) < 4.78 is 2.70. The van der Waals surface area contributed by atoms with Crippen molar-refractivity contribution in [2.75, 3.05) is 0 Å². The highest BCUT2D eigenvalue weighted by Crippen LogP contribution is 2.48. The van der Waals surface area contributed by atoms with Gasteiger partial charge in [-0.2, -0.15) is 0 Å². The van der Waals surface area contributed by atoms with Crippen molar-refractivity contribution in [2.45, 2.75) is 19.3 Å². The first-order chi connectivity index (χ1) is 13.4. The minimum Gasteiger partial charge on any atom is -0.300 e. The van der Waals surface area contributed by atoms with Crippen molar-refractivity contribution < 1.29 is 4.79 Å². The molecule has 0 bridgehead atoms. The van der Waals surface area contributed by atoms with Gasteiger partial charge in [-0.1, -0.05) is 24.3 Å². The van der Waals surface area contributed by atoms with E-state index >= 15 is 0 Å². The number of Topliss-reactive ketones (excluding diaryl/α,β-unsaturated/α-hetero) is 1. The maximum Gasteiger partial charge on any atom is 0.330 e. The van der Waals surface area contributed by atoms with Gasteiger partial charge in [-0.05, 0) is 35.1 Å². The summed E-state index contributed by atoms with van der Waals surface area (Å²) in [5, 5.41) is 2.01. The molecule has 6 heteroatoms. The predicted octanol–water partition coefficient (Wildman–Crippen LogP) is 2.79. The van der Waals surface area contributed by atoms with Crippen LogP contribution in [-0.4, -0.2) is 14.9 Å². The SMILES string of the molecule is Cc1cc(C2C3=C(Cc4c2c(=O)n(C)c(=O)n4C)c2ccccc2C3=O)cs1. The lowest BCUT2D eigenvalue weighted by atomic mass is 9.77. The fourth-order valence-electron chi connectivity index (χ4n) is 4.54. The van der Waals surface area contributed by atoms with Crippen LogP contribution >= 0.6 is 11.3 Å². The fraction of sp³-hybridized carbons (Fsp3) is 0.227. The Balaban J connectivity index is 1.90. The van der Waals surface area contributed by atoms with Crippen LogP contribution < -0.4 is 11.2 Å². The van der Waals surface area contributed by atoms with Crippen molar-refractivity contribution in [3.8, 4) is 0 Å². The van der Waals surface area contributed by atoms with Crippen molar-refractivity contribution >= 4 is 22.7 Å². The second-order valence-corrected chi connectivity index (χ2v) is 8.55. The van der Waals surface area contributed by atoms with Crippen LogP contribution in [0.3, 0.4) is 0 Å². The van der Waals surface area contributed by atoms with Crippen molar-refractivity contribution in [1.29, 1.82) is 0 Å². The zero-order valence-electron chi connectivity index (χ0n) is 15.8. The lowest BCUT2D eigenvalue weighted by molar-refractivity contribution is 0.103. The standard InChI is InChI=1S/C22H18N2O3S/c1-11-8-12(10-28-11)17-18-15(13-6-4-5-7-14(13)20(18)25)9-16-19(17)21(26)24(3)22(27)23(16)2/h4-8,10,17H,9H2,1-3H3. The van der Waals surface area contributed by atoms with Gasteiger partial charge in [0, 0.05) is 53.7 Å². The number of benzene rings is 1. The molecule has 0 fully saturated rings. The molecule has 2 aromatic heterocycles. The molecule has 28 heavy (non-hydrogen) atoms. The van der Waals surface area contributed by atoms with E-state index in [9.17, 15) is 14.4 Å². The number of carbonyl (C=O) groups excluding carboxylic acids is 1. The molecule has 1 aromatic carbocycles. The molecule has 0 saturated carbocycles. The van der Waals surface area contributed by atoms with E-state index < -0.39 is 5.92 Å². The molecular formula is C22H18N2O3S. The summed E-state index contributed by atoms with van der Waals surface area (Å²) in [5.74, 6) is -0.463. The molecule has 5 nitrogen and oxygen atoms in total. The molecule has 1 atom stereocenters. The number of ketones is 1. The molecule has 0 radical (unpaired) electrons. The van der Waals surface area contributed by atoms with Gasteiger partial charge in [0.25, 0.3) is 5.56 Å². The van der Waals surface area contributed by atoms with E-state index in [-0.39, 0.29) is 17.0 Å². The maximum atomic E-state index is 13.3. The first-order valence-electron chi connectivity index (χ1n) is 9.11. The molecule has 140 valence electrons. The largest absolute Gasteiger partial charge is 0.330 e. The van der Waals surface area contributed by atoms with E-state index in [4.69, 9.17) is 0 Å². The van der Waals surface area contributed by atoms with Crippen LogP contribution in [0.15, 0.2) is 50.9 Å². The van der Waals surface area contributed by atoms with Gasteiger partial charge in [0.1, 0.15) is 0 Å². The van der Waals surface area contributed by atoms with Crippen LogP contribution in [0.5, 0.6) is 0 Å². The normalized spacial score (nSPS) is 17.5. The number of hydrogen-bond acceptors (Lipinski definition) is 4. The first-order valence-corrected chi connectivity index (χ1v) is 9.99. The maximum absolute atomic E-state index is 13.3. The number of hydrogen-bond donors (Lipinski definition) is 0. The highest BCUT2D eigenvalue weighted by atomic mass is 32.1. The molecule has 1 unspecified atom stereocenters. The molecule has 0 saturated heterocycles.